The van der Waals surface area contributed by atoms with Crippen LogP contribution in [0.5, 0.6) is 5.75 Å². The van der Waals surface area contributed by atoms with E-state index >= 15 is 0 Å². The summed E-state index contributed by atoms with van der Waals surface area (Å²) in [5.74, 6) is 0.415. The van der Waals surface area contributed by atoms with E-state index in [1.54, 1.807) is 6.92 Å². The molecule has 0 unspecified atom stereocenters. The molecule has 7 nitrogen and oxygen atoms in total. The zero-order valence-electron chi connectivity index (χ0n) is 25.4. The maximum atomic E-state index is 11.4. The maximum absolute atomic E-state index is 11.4. The lowest BCUT2D eigenvalue weighted by Crippen LogP contribution is -2.06. The SMILES string of the molecule is C=C(C)C(=O)OCCCCCCCCOc1ccc2ccccc2c1N=Nc1ccc(N=Nc2ccccc2C)cc1C. The lowest BCUT2D eigenvalue weighted by molar-refractivity contribution is -0.139. The molecule has 222 valence electrons. The zero-order chi connectivity index (χ0) is 30.4. The summed E-state index contributed by atoms with van der Waals surface area (Å²) in [6.07, 6.45) is 6.15. The minimum absolute atomic E-state index is 0.311. The third-order valence-electron chi connectivity index (χ3n) is 7.07. The van der Waals surface area contributed by atoms with Crippen LogP contribution in [-0.4, -0.2) is 19.2 Å². The number of aryl methyl sites for hydroxylation is 2. The molecule has 0 aliphatic rings. The van der Waals surface area contributed by atoms with Crippen LogP contribution in [0.15, 0.2) is 111 Å². The van der Waals surface area contributed by atoms with Crippen LogP contribution in [0.2, 0.25) is 0 Å². The predicted octanol–water partition coefficient (Wildman–Crippen LogP) is 11.1. The van der Waals surface area contributed by atoms with Crippen molar-refractivity contribution >= 4 is 39.5 Å². The number of hydrogen-bond acceptors (Lipinski definition) is 7. The van der Waals surface area contributed by atoms with Gasteiger partial charge in [0.05, 0.1) is 30.3 Å². The number of carbonyl (C=O) groups is 1. The highest BCUT2D eigenvalue weighted by Crippen LogP contribution is 2.38. The Kier molecular flexibility index (Phi) is 11.7. The number of azo groups is 2. The number of rotatable bonds is 15. The predicted molar refractivity (Wildman–Crippen MR) is 174 cm³/mol. The van der Waals surface area contributed by atoms with Gasteiger partial charge in [-0.1, -0.05) is 80.8 Å². The van der Waals surface area contributed by atoms with Gasteiger partial charge >= 0.3 is 5.97 Å². The van der Waals surface area contributed by atoms with Gasteiger partial charge < -0.3 is 9.47 Å². The van der Waals surface area contributed by atoms with Crippen LogP contribution in [-0.2, 0) is 9.53 Å². The lowest BCUT2D eigenvalue weighted by Gasteiger charge is -2.11. The quantitative estimate of drug-likeness (QED) is 0.0610. The van der Waals surface area contributed by atoms with Gasteiger partial charge in [0.2, 0.25) is 0 Å². The van der Waals surface area contributed by atoms with Gasteiger partial charge in [-0.2, -0.15) is 15.3 Å². The van der Waals surface area contributed by atoms with Gasteiger partial charge in [0.15, 0.2) is 0 Å². The molecule has 0 amide bonds. The second-order valence-corrected chi connectivity index (χ2v) is 10.7. The number of benzene rings is 4. The molecule has 0 atom stereocenters. The van der Waals surface area contributed by atoms with Crippen molar-refractivity contribution < 1.29 is 14.3 Å². The number of nitrogens with zero attached hydrogens (tertiary/aromatic N) is 4. The summed E-state index contributed by atoms with van der Waals surface area (Å²) >= 11 is 0. The molecule has 43 heavy (non-hydrogen) atoms. The van der Waals surface area contributed by atoms with Gasteiger partial charge in [-0.3, -0.25) is 0 Å². The highest BCUT2D eigenvalue weighted by Gasteiger charge is 2.10. The minimum atomic E-state index is -0.311. The molecule has 0 heterocycles. The van der Waals surface area contributed by atoms with E-state index in [1.807, 2.05) is 80.6 Å². The summed E-state index contributed by atoms with van der Waals surface area (Å²) in [5.41, 5.74) is 5.59. The van der Waals surface area contributed by atoms with Gasteiger partial charge in [0.1, 0.15) is 11.4 Å². The van der Waals surface area contributed by atoms with Gasteiger partial charge in [-0.15, -0.1) is 5.11 Å². The fraction of sp³-hybridized carbons (Fsp3) is 0.306. The fourth-order valence-corrected chi connectivity index (χ4v) is 4.54. The Balaban J connectivity index is 1.34. The van der Waals surface area contributed by atoms with Crippen molar-refractivity contribution in [2.45, 2.75) is 59.3 Å². The first kappa shape index (κ1) is 31.3. The molecular weight excluding hydrogens is 536 g/mol. The third-order valence-corrected chi connectivity index (χ3v) is 7.07. The Labute approximate surface area is 254 Å². The molecule has 0 bridgehead atoms. The first-order chi connectivity index (χ1) is 20.9. The molecule has 0 aliphatic heterocycles. The lowest BCUT2D eigenvalue weighted by atomic mass is 10.1. The van der Waals surface area contributed by atoms with Crippen molar-refractivity contribution in [3.63, 3.8) is 0 Å². The van der Waals surface area contributed by atoms with Crippen LogP contribution in [0.1, 0.15) is 56.6 Å². The van der Waals surface area contributed by atoms with Crippen LogP contribution in [0.25, 0.3) is 10.8 Å². The van der Waals surface area contributed by atoms with E-state index in [1.165, 1.54) is 0 Å². The average molecular weight is 577 g/mol. The van der Waals surface area contributed by atoms with E-state index in [2.05, 4.69) is 39.2 Å². The van der Waals surface area contributed by atoms with Gasteiger partial charge in [-0.05, 0) is 80.5 Å². The minimum Gasteiger partial charge on any atom is -0.491 e. The molecule has 0 radical (unpaired) electrons. The standard InChI is InChI=1S/C36H40N4O3/c1-26(2)36(41)43-24-14-8-6-5-7-13-23-42-34-22-19-29-16-10-11-17-31(29)35(34)40-39-33-21-20-30(25-28(33)4)37-38-32-18-12-9-15-27(32)3/h9-12,15-22,25H,1,5-8,13-14,23-24H2,2-4H3. The van der Waals surface area contributed by atoms with E-state index in [0.717, 1.165) is 88.9 Å². The number of esters is 1. The second-order valence-electron chi connectivity index (χ2n) is 10.7. The topological polar surface area (TPSA) is 85.0 Å². The number of carbonyl (C=O) groups excluding carboxylic acids is 1. The largest absolute Gasteiger partial charge is 0.491 e. The Hall–Kier alpha value is -4.65. The summed E-state index contributed by atoms with van der Waals surface area (Å²) in [5, 5.41) is 20.2. The van der Waals surface area contributed by atoms with E-state index in [0.29, 0.717) is 18.8 Å². The molecular formula is C36H40N4O3. The molecule has 0 spiro atoms. The number of unbranched alkanes of at least 4 members (excludes halogenated alkanes) is 5. The van der Waals surface area contributed by atoms with Crippen molar-refractivity contribution in [1.29, 1.82) is 0 Å². The number of hydrogen-bond donors (Lipinski definition) is 0. The summed E-state index contributed by atoms with van der Waals surface area (Å²) in [6, 6.07) is 25.9. The molecule has 4 aromatic rings. The molecule has 0 fully saturated rings. The average Bonchev–Trinajstić information content (AvgIpc) is 3.01. The third kappa shape index (κ3) is 9.43. The Morgan fingerprint density at radius 1 is 0.698 bits per heavy atom. The fourth-order valence-electron chi connectivity index (χ4n) is 4.54. The van der Waals surface area contributed by atoms with Crippen LogP contribution < -0.4 is 4.74 Å². The molecule has 0 saturated carbocycles. The Morgan fingerprint density at radius 3 is 2.14 bits per heavy atom. The summed E-state index contributed by atoms with van der Waals surface area (Å²) in [4.78, 5) is 11.4. The van der Waals surface area contributed by atoms with Crippen LogP contribution >= 0.6 is 0 Å². The van der Waals surface area contributed by atoms with Crippen LogP contribution in [0.4, 0.5) is 22.7 Å². The van der Waals surface area contributed by atoms with E-state index in [4.69, 9.17) is 9.47 Å². The van der Waals surface area contributed by atoms with Crippen LogP contribution in [0.3, 0.4) is 0 Å². The van der Waals surface area contributed by atoms with E-state index in [-0.39, 0.29) is 5.97 Å². The highest BCUT2D eigenvalue weighted by atomic mass is 16.5. The second kappa shape index (κ2) is 16.1. The van der Waals surface area contributed by atoms with Crippen molar-refractivity contribution in [2.24, 2.45) is 20.5 Å². The summed E-state index contributed by atoms with van der Waals surface area (Å²) < 4.78 is 11.4. The van der Waals surface area contributed by atoms with E-state index < -0.39 is 0 Å². The van der Waals surface area contributed by atoms with Crippen molar-refractivity contribution in [3.8, 4) is 5.75 Å². The van der Waals surface area contributed by atoms with E-state index in [9.17, 15) is 4.79 Å². The molecule has 0 N–H and O–H groups in total. The zero-order valence-corrected chi connectivity index (χ0v) is 25.4. The Bertz CT molecular complexity index is 1610. The summed E-state index contributed by atoms with van der Waals surface area (Å²) in [7, 11) is 0. The van der Waals surface area contributed by atoms with Gasteiger partial charge in [-0.25, -0.2) is 4.79 Å². The first-order valence-electron chi connectivity index (χ1n) is 14.9. The Morgan fingerprint density at radius 2 is 1.37 bits per heavy atom. The highest BCUT2D eigenvalue weighted by molar-refractivity contribution is 5.95. The molecule has 0 saturated heterocycles. The van der Waals surface area contributed by atoms with Crippen molar-refractivity contribution in [1.82, 2.24) is 0 Å². The first-order valence-corrected chi connectivity index (χ1v) is 14.9. The maximum Gasteiger partial charge on any atom is 0.333 e. The monoisotopic (exact) mass is 576 g/mol. The molecule has 7 heteroatoms. The molecule has 4 aromatic carbocycles. The van der Waals surface area contributed by atoms with Crippen LogP contribution in [0, 0.1) is 13.8 Å². The van der Waals surface area contributed by atoms with Gasteiger partial charge in [0, 0.05) is 11.0 Å². The summed E-state index contributed by atoms with van der Waals surface area (Å²) in [6.45, 7) is 10.3. The number of fused-ring (bicyclic) bond motifs is 1. The normalized spacial score (nSPS) is 11.4. The molecule has 0 aliphatic carbocycles. The van der Waals surface area contributed by atoms with Gasteiger partial charge in [0.25, 0.3) is 0 Å². The molecule has 4 rings (SSSR count). The smallest absolute Gasteiger partial charge is 0.333 e. The molecule has 0 aromatic heterocycles. The number of ether oxygens (including phenoxy) is 2. The van der Waals surface area contributed by atoms with Crippen molar-refractivity contribution in [2.75, 3.05) is 13.2 Å². The van der Waals surface area contributed by atoms with Crippen molar-refractivity contribution in [3.05, 3.63) is 102 Å².